The smallest absolute Gasteiger partial charge is 0.274 e. The van der Waals surface area contributed by atoms with Crippen molar-refractivity contribution in [1.29, 1.82) is 0 Å². The van der Waals surface area contributed by atoms with Gasteiger partial charge < -0.3 is 10.2 Å². The Morgan fingerprint density at radius 2 is 1.96 bits per heavy atom. The van der Waals surface area contributed by atoms with Crippen molar-refractivity contribution >= 4 is 34.3 Å². The number of benzene rings is 1. The lowest BCUT2D eigenvalue weighted by Crippen LogP contribution is -2.47. The van der Waals surface area contributed by atoms with Crippen LogP contribution in [-0.4, -0.2) is 46.0 Å². The summed E-state index contributed by atoms with van der Waals surface area (Å²) in [6.45, 7) is 5.24. The monoisotopic (exact) mass is 390 g/mol. The van der Waals surface area contributed by atoms with E-state index in [1.165, 1.54) is 19.3 Å². The minimum atomic E-state index is -0.160. The molecule has 4 rings (SSSR count). The van der Waals surface area contributed by atoms with Crippen LogP contribution >= 0.6 is 23.4 Å². The first-order valence-corrected chi connectivity index (χ1v) is 10.4. The lowest BCUT2D eigenvalue weighted by Gasteiger charge is -2.32. The molecule has 5 nitrogen and oxygen atoms in total. The Bertz CT molecular complexity index is 755. The van der Waals surface area contributed by atoms with Gasteiger partial charge >= 0.3 is 0 Å². The summed E-state index contributed by atoms with van der Waals surface area (Å²) in [5.74, 6) is 0.0275. The highest BCUT2D eigenvalue weighted by molar-refractivity contribution is 8.15. The van der Waals surface area contributed by atoms with E-state index in [0.29, 0.717) is 5.02 Å². The fourth-order valence-corrected chi connectivity index (χ4v) is 4.83. The number of fused-ring (bicyclic) bond motifs is 1. The van der Waals surface area contributed by atoms with Crippen molar-refractivity contribution < 1.29 is 4.79 Å². The van der Waals surface area contributed by atoms with Crippen molar-refractivity contribution in [2.24, 2.45) is 5.10 Å². The molecule has 7 heteroatoms. The van der Waals surface area contributed by atoms with Gasteiger partial charge in [-0.15, -0.1) is 0 Å². The second-order valence-electron chi connectivity index (χ2n) is 6.93. The van der Waals surface area contributed by atoms with Gasteiger partial charge in [-0.25, -0.2) is 0 Å². The minimum Gasteiger partial charge on any atom is -0.358 e. The van der Waals surface area contributed by atoms with Gasteiger partial charge in [0.25, 0.3) is 5.91 Å². The zero-order chi connectivity index (χ0) is 18.1. The number of thioether (sulfide) groups is 1. The summed E-state index contributed by atoms with van der Waals surface area (Å²) in [4.78, 5) is 15.5. The molecule has 0 bridgehead atoms. The molecule has 3 aliphatic rings. The molecule has 1 unspecified atom stereocenters. The van der Waals surface area contributed by atoms with Crippen molar-refractivity contribution in [3.63, 3.8) is 0 Å². The van der Waals surface area contributed by atoms with E-state index in [9.17, 15) is 4.79 Å². The molecule has 1 aromatic rings. The Labute approximate surface area is 163 Å². The maximum atomic E-state index is 13.0. The molecule has 1 aromatic carbocycles. The van der Waals surface area contributed by atoms with E-state index in [4.69, 9.17) is 11.6 Å². The van der Waals surface area contributed by atoms with Crippen LogP contribution in [-0.2, 0) is 4.79 Å². The van der Waals surface area contributed by atoms with E-state index in [1.807, 2.05) is 31.2 Å². The molecule has 1 N–H and O–H groups in total. The third kappa shape index (κ3) is 3.63. The number of hydrazone groups is 1. The van der Waals surface area contributed by atoms with Crippen molar-refractivity contribution in [2.75, 3.05) is 19.6 Å². The van der Waals surface area contributed by atoms with Crippen LogP contribution < -0.4 is 5.32 Å². The Hall–Kier alpha value is -1.50. The first-order valence-electron chi connectivity index (χ1n) is 9.15. The van der Waals surface area contributed by atoms with Gasteiger partial charge in [-0.1, -0.05) is 41.9 Å². The number of hydrogen-bond donors (Lipinski definition) is 1. The number of rotatable bonds is 4. The molecule has 1 saturated heterocycles. The maximum absolute atomic E-state index is 13.0. The second-order valence-corrected chi connectivity index (χ2v) is 8.44. The van der Waals surface area contributed by atoms with Crippen molar-refractivity contribution in [3.8, 4) is 0 Å². The molecule has 1 atom stereocenters. The SMILES string of the molecule is CC1=C(CCN2CCCCC2)C(=O)N2N=C(c3ccc(Cl)cc3)SC2N1. The largest absolute Gasteiger partial charge is 0.358 e. The highest BCUT2D eigenvalue weighted by Gasteiger charge is 2.38. The fraction of sp³-hybridized carbons (Fsp3) is 0.474. The van der Waals surface area contributed by atoms with E-state index in [-0.39, 0.29) is 11.4 Å². The van der Waals surface area contributed by atoms with E-state index >= 15 is 0 Å². The number of hydrogen-bond acceptors (Lipinski definition) is 5. The molecule has 3 aliphatic heterocycles. The molecule has 26 heavy (non-hydrogen) atoms. The Kier molecular flexibility index (Phi) is 5.25. The Balaban J connectivity index is 1.46. The van der Waals surface area contributed by atoms with Crippen LogP contribution in [0, 0.1) is 0 Å². The second kappa shape index (κ2) is 7.62. The third-order valence-corrected chi connectivity index (χ3v) is 6.45. The van der Waals surface area contributed by atoms with Gasteiger partial charge in [0.1, 0.15) is 5.04 Å². The first-order chi connectivity index (χ1) is 12.6. The van der Waals surface area contributed by atoms with Crippen molar-refractivity contribution in [3.05, 3.63) is 46.1 Å². The topological polar surface area (TPSA) is 47.9 Å². The van der Waals surface area contributed by atoms with Crippen LogP contribution in [0.15, 0.2) is 40.6 Å². The molecular formula is C19H23ClN4OS. The van der Waals surface area contributed by atoms with Crippen LogP contribution in [0.3, 0.4) is 0 Å². The molecule has 0 radical (unpaired) electrons. The molecule has 0 spiro atoms. The zero-order valence-electron chi connectivity index (χ0n) is 14.9. The van der Waals surface area contributed by atoms with Crippen LogP contribution in [0.1, 0.15) is 38.2 Å². The van der Waals surface area contributed by atoms with E-state index < -0.39 is 0 Å². The van der Waals surface area contributed by atoms with E-state index in [2.05, 4.69) is 15.3 Å². The summed E-state index contributed by atoms with van der Waals surface area (Å²) in [5.41, 5.74) is 2.66. The summed E-state index contributed by atoms with van der Waals surface area (Å²) in [6.07, 6.45) is 4.64. The molecule has 138 valence electrons. The average molecular weight is 391 g/mol. The molecule has 1 amide bonds. The van der Waals surface area contributed by atoms with Gasteiger partial charge in [-0.2, -0.15) is 10.1 Å². The van der Waals surface area contributed by atoms with E-state index in [1.54, 1.807) is 16.8 Å². The van der Waals surface area contributed by atoms with E-state index in [0.717, 1.165) is 47.9 Å². The van der Waals surface area contributed by atoms with Gasteiger partial charge in [0.2, 0.25) is 0 Å². The Morgan fingerprint density at radius 1 is 1.23 bits per heavy atom. The zero-order valence-corrected chi connectivity index (χ0v) is 16.4. The number of nitrogens with one attached hydrogen (secondary N) is 1. The lowest BCUT2D eigenvalue weighted by molar-refractivity contribution is -0.129. The molecule has 0 aromatic heterocycles. The fourth-order valence-electron chi connectivity index (χ4n) is 3.61. The number of carbonyl (C=O) groups excluding carboxylic acids is 1. The summed E-state index contributed by atoms with van der Waals surface area (Å²) in [7, 11) is 0. The highest BCUT2D eigenvalue weighted by Crippen LogP contribution is 2.34. The van der Waals surface area contributed by atoms with Crippen LogP contribution in [0.25, 0.3) is 0 Å². The normalized spacial score (nSPS) is 23.8. The molecular weight excluding hydrogens is 368 g/mol. The quantitative estimate of drug-likeness (QED) is 0.853. The highest BCUT2D eigenvalue weighted by atomic mass is 35.5. The predicted octanol–water partition coefficient (Wildman–Crippen LogP) is 3.61. The van der Waals surface area contributed by atoms with Gasteiger partial charge in [0, 0.05) is 28.4 Å². The molecule has 0 aliphatic carbocycles. The summed E-state index contributed by atoms with van der Waals surface area (Å²) in [5, 5.41) is 11.2. The molecule has 3 heterocycles. The van der Waals surface area contributed by atoms with Gasteiger partial charge in [0.15, 0.2) is 5.50 Å². The summed E-state index contributed by atoms with van der Waals surface area (Å²) >= 11 is 7.53. The third-order valence-electron chi connectivity index (χ3n) is 5.12. The molecule has 0 saturated carbocycles. The number of allylic oxidation sites excluding steroid dienone is 1. The lowest BCUT2D eigenvalue weighted by atomic mass is 10.1. The van der Waals surface area contributed by atoms with Crippen molar-refractivity contribution in [2.45, 2.75) is 38.1 Å². The van der Waals surface area contributed by atoms with Crippen LogP contribution in [0.2, 0.25) is 5.02 Å². The predicted molar refractivity (Wildman–Crippen MR) is 107 cm³/mol. The summed E-state index contributed by atoms with van der Waals surface area (Å²) in [6, 6.07) is 7.57. The number of nitrogens with zero attached hydrogens (tertiary/aromatic N) is 3. The Morgan fingerprint density at radius 3 is 2.69 bits per heavy atom. The van der Waals surface area contributed by atoms with Crippen LogP contribution in [0.5, 0.6) is 0 Å². The maximum Gasteiger partial charge on any atom is 0.274 e. The number of likely N-dealkylation sites (tertiary alicyclic amines) is 1. The molecule has 1 fully saturated rings. The van der Waals surface area contributed by atoms with Crippen LogP contribution in [0.4, 0.5) is 0 Å². The average Bonchev–Trinajstić information content (AvgIpc) is 3.07. The van der Waals surface area contributed by atoms with Gasteiger partial charge in [0.05, 0.1) is 0 Å². The summed E-state index contributed by atoms with van der Waals surface area (Å²) < 4.78 is 0. The van der Waals surface area contributed by atoms with Gasteiger partial charge in [-0.3, -0.25) is 4.79 Å². The number of carbonyl (C=O) groups is 1. The standard InChI is InChI=1S/C19H23ClN4OS/c1-13-16(9-12-23-10-3-2-4-11-23)18(25)24-19(21-13)26-17(22-24)14-5-7-15(20)8-6-14/h5-8,19,21H,2-4,9-12H2,1H3. The van der Waals surface area contributed by atoms with Crippen molar-refractivity contribution in [1.82, 2.24) is 15.2 Å². The first kappa shape index (κ1) is 17.9. The minimum absolute atomic E-state index is 0.0275. The number of amides is 1. The number of piperidine rings is 1. The number of halogens is 1. The van der Waals surface area contributed by atoms with Gasteiger partial charge in [-0.05, 0) is 51.4 Å².